The zero-order chi connectivity index (χ0) is 21.7. The van der Waals surface area contributed by atoms with E-state index < -0.39 is 0 Å². The van der Waals surface area contributed by atoms with Crippen LogP contribution in [0.3, 0.4) is 0 Å². The van der Waals surface area contributed by atoms with E-state index in [1.54, 1.807) is 11.8 Å². The molecule has 0 unspecified atom stereocenters. The van der Waals surface area contributed by atoms with Gasteiger partial charge in [0.25, 0.3) is 0 Å². The van der Waals surface area contributed by atoms with E-state index in [1.165, 1.54) is 19.3 Å². The molecule has 3 rings (SSSR count). The molecular weight excluding hydrogens is 402 g/mol. The second-order valence-corrected chi connectivity index (χ2v) is 8.80. The Balaban J connectivity index is 1.49. The monoisotopic (exact) mass is 435 g/mol. The van der Waals surface area contributed by atoms with Crippen LogP contribution in [0.2, 0.25) is 0 Å². The Morgan fingerprint density at radius 1 is 0.903 bits per heavy atom. The van der Waals surface area contributed by atoms with E-state index in [0.29, 0.717) is 6.42 Å². The average Bonchev–Trinajstić information content (AvgIpc) is 3.24. The maximum atomic E-state index is 11.9. The smallest absolute Gasteiger partial charge is 0.219 e. The van der Waals surface area contributed by atoms with E-state index in [9.17, 15) is 4.79 Å². The molecule has 0 aliphatic rings. The summed E-state index contributed by atoms with van der Waals surface area (Å²) >= 11 is 1.71. The molecular formula is C26H33N3OS. The lowest BCUT2D eigenvalue weighted by molar-refractivity contribution is -0.121. The Kier molecular flexibility index (Phi) is 9.71. The van der Waals surface area contributed by atoms with Crippen molar-refractivity contribution in [2.75, 3.05) is 12.3 Å². The summed E-state index contributed by atoms with van der Waals surface area (Å²) in [5.41, 5.74) is 4.26. The summed E-state index contributed by atoms with van der Waals surface area (Å²) in [4.78, 5) is 20.3. The first-order valence-electron chi connectivity index (χ1n) is 11.4. The highest BCUT2D eigenvalue weighted by molar-refractivity contribution is 7.99. The standard InChI is InChI=1S/C26H33N3OS/c1-2-3-4-5-12-18-23(30)27-19-13-20-31-26-28-24(21-14-8-6-9-15-21)25(29-26)22-16-10-7-11-17-22/h6-11,14-17H,2-5,12-13,18-20H2,1H3,(H,27,30)(H,28,29). The molecule has 0 fully saturated rings. The SMILES string of the molecule is CCCCCCCC(=O)NCCCSc1nc(-c2ccccc2)c(-c2ccccc2)[nH]1. The van der Waals surface area contributed by atoms with Gasteiger partial charge in [-0.05, 0) is 12.8 Å². The Hall–Kier alpha value is -2.53. The number of unbranched alkanes of at least 4 members (excludes halogenated alkanes) is 4. The lowest BCUT2D eigenvalue weighted by atomic mass is 10.1. The molecule has 1 aromatic heterocycles. The lowest BCUT2D eigenvalue weighted by Crippen LogP contribution is -2.24. The van der Waals surface area contributed by atoms with Gasteiger partial charge in [-0.1, -0.05) is 105 Å². The molecule has 2 N–H and O–H groups in total. The van der Waals surface area contributed by atoms with Gasteiger partial charge in [0.2, 0.25) is 5.91 Å². The third-order valence-corrected chi connectivity index (χ3v) is 6.14. The molecule has 0 aliphatic carbocycles. The molecule has 0 saturated heterocycles. The van der Waals surface area contributed by atoms with Crippen LogP contribution in [0.1, 0.15) is 51.9 Å². The number of aromatic amines is 1. The van der Waals surface area contributed by atoms with E-state index in [2.05, 4.69) is 41.5 Å². The molecule has 0 radical (unpaired) electrons. The molecule has 164 valence electrons. The Labute approximate surface area is 190 Å². The van der Waals surface area contributed by atoms with Gasteiger partial charge in [-0.3, -0.25) is 4.79 Å². The normalized spacial score (nSPS) is 10.9. The van der Waals surface area contributed by atoms with Gasteiger partial charge in [-0.2, -0.15) is 0 Å². The van der Waals surface area contributed by atoms with Crippen molar-refractivity contribution < 1.29 is 4.79 Å². The quantitative estimate of drug-likeness (QED) is 0.232. The maximum absolute atomic E-state index is 11.9. The van der Waals surface area contributed by atoms with Crippen molar-refractivity contribution in [2.24, 2.45) is 0 Å². The van der Waals surface area contributed by atoms with Crippen LogP contribution in [0.5, 0.6) is 0 Å². The number of benzene rings is 2. The molecule has 1 heterocycles. The van der Waals surface area contributed by atoms with Gasteiger partial charge in [-0.15, -0.1) is 0 Å². The Morgan fingerprint density at radius 2 is 1.58 bits per heavy atom. The van der Waals surface area contributed by atoms with Crippen LogP contribution in [0.25, 0.3) is 22.5 Å². The summed E-state index contributed by atoms with van der Waals surface area (Å²) in [5, 5.41) is 3.96. The van der Waals surface area contributed by atoms with Crippen LogP contribution in [-0.4, -0.2) is 28.2 Å². The fourth-order valence-electron chi connectivity index (χ4n) is 3.48. The molecule has 5 heteroatoms. The summed E-state index contributed by atoms with van der Waals surface area (Å²) in [6, 6.07) is 20.6. The predicted octanol–water partition coefficient (Wildman–Crippen LogP) is 6.70. The minimum Gasteiger partial charge on any atom is -0.356 e. The van der Waals surface area contributed by atoms with Crippen LogP contribution >= 0.6 is 11.8 Å². The number of amides is 1. The number of thioether (sulfide) groups is 1. The van der Waals surface area contributed by atoms with Crippen LogP contribution in [0.15, 0.2) is 65.8 Å². The maximum Gasteiger partial charge on any atom is 0.219 e. The highest BCUT2D eigenvalue weighted by Crippen LogP contribution is 2.32. The van der Waals surface area contributed by atoms with Crippen molar-refractivity contribution in [3.63, 3.8) is 0 Å². The van der Waals surface area contributed by atoms with Gasteiger partial charge >= 0.3 is 0 Å². The van der Waals surface area contributed by atoms with Gasteiger partial charge < -0.3 is 10.3 Å². The van der Waals surface area contributed by atoms with Gasteiger partial charge in [0, 0.05) is 29.8 Å². The largest absolute Gasteiger partial charge is 0.356 e. The van der Waals surface area contributed by atoms with Crippen LogP contribution < -0.4 is 5.32 Å². The number of aromatic nitrogens is 2. The number of nitrogens with one attached hydrogen (secondary N) is 2. The van der Waals surface area contributed by atoms with Crippen LogP contribution in [0, 0.1) is 0 Å². The number of imidazole rings is 1. The van der Waals surface area contributed by atoms with E-state index >= 15 is 0 Å². The van der Waals surface area contributed by atoms with Gasteiger partial charge in [0.1, 0.15) is 0 Å². The van der Waals surface area contributed by atoms with Crippen molar-refractivity contribution in [3.05, 3.63) is 60.7 Å². The number of hydrogen-bond donors (Lipinski definition) is 2. The third-order valence-electron chi connectivity index (χ3n) is 5.18. The van der Waals surface area contributed by atoms with Gasteiger partial charge in [-0.25, -0.2) is 4.98 Å². The number of carbonyl (C=O) groups excluding carboxylic acids is 1. The van der Waals surface area contributed by atoms with Gasteiger partial charge in [0.15, 0.2) is 5.16 Å². The molecule has 0 atom stereocenters. The van der Waals surface area contributed by atoms with Crippen LogP contribution in [0.4, 0.5) is 0 Å². The fraction of sp³-hybridized carbons (Fsp3) is 0.385. The molecule has 0 spiro atoms. The highest BCUT2D eigenvalue weighted by Gasteiger charge is 2.14. The topological polar surface area (TPSA) is 57.8 Å². The fourth-order valence-corrected chi connectivity index (χ4v) is 4.30. The molecule has 3 aromatic rings. The minimum atomic E-state index is 0.178. The molecule has 0 saturated carbocycles. The van der Waals surface area contributed by atoms with Crippen molar-refractivity contribution in [1.29, 1.82) is 0 Å². The summed E-state index contributed by atoms with van der Waals surface area (Å²) < 4.78 is 0. The zero-order valence-electron chi connectivity index (χ0n) is 18.4. The summed E-state index contributed by atoms with van der Waals surface area (Å²) in [7, 11) is 0. The van der Waals surface area contributed by atoms with E-state index in [-0.39, 0.29) is 5.91 Å². The third kappa shape index (κ3) is 7.59. The molecule has 4 nitrogen and oxygen atoms in total. The first kappa shape index (κ1) is 23.1. The van der Waals surface area contributed by atoms with Crippen molar-refractivity contribution in [3.8, 4) is 22.5 Å². The molecule has 2 aromatic carbocycles. The number of hydrogen-bond acceptors (Lipinski definition) is 3. The first-order valence-corrected chi connectivity index (χ1v) is 12.4. The summed E-state index contributed by atoms with van der Waals surface area (Å²) in [6.07, 6.45) is 7.47. The number of nitrogens with zero attached hydrogens (tertiary/aromatic N) is 1. The second-order valence-electron chi connectivity index (χ2n) is 7.71. The van der Waals surface area contributed by atoms with E-state index in [1.807, 2.05) is 36.4 Å². The number of carbonyl (C=O) groups is 1. The van der Waals surface area contributed by atoms with Gasteiger partial charge in [0.05, 0.1) is 11.4 Å². The zero-order valence-corrected chi connectivity index (χ0v) is 19.2. The first-order chi connectivity index (χ1) is 15.3. The molecule has 0 bridgehead atoms. The van der Waals surface area contributed by atoms with E-state index in [0.717, 1.165) is 59.2 Å². The average molecular weight is 436 g/mol. The van der Waals surface area contributed by atoms with Crippen LogP contribution in [-0.2, 0) is 4.79 Å². The Bertz CT molecular complexity index is 852. The Morgan fingerprint density at radius 3 is 2.29 bits per heavy atom. The van der Waals surface area contributed by atoms with Crippen molar-refractivity contribution in [2.45, 2.75) is 57.0 Å². The van der Waals surface area contributed by atoms with E-state index in [4.69, 9.17) is 4.98 Å². The molecule has 0 aliphatic heterocycles. The lowest BCUT2D eigenvalue weighted by Gasteiger charge is -2.04. The highest BCUT2D eigenvalue weighted by atomic mass is 32.2. The second kappa shape index (κ2) is 13.0. The summed E-state index contributed by atoms with van der Waals surface area (Å²) in [5.74, 6) is 1.09. The number of H-pyrrole nitrogens is 1. The molecule has 1 amide bonds. The minimum absolute atomic E-state index is 0.178. The van der Waals surface area contributed by atoms with Crippen molar-refractivity contribution >= 4 is 17.7 Å². The number of rotatable bonds is 13. The summed E-state index contributed by atoms with van der Waals surface area (Å²) in [6.45, 7) is 2.93. The van der Waals surface area contributed by atoms with Crippen molar-refractivity contribution in [1.82, 2.24) is 15.3 Å². The molecule has 31 heavy (non-hydrogen) atoms. The predicted molar refractivity (Wildman–Crippen MR) is 131 cm³/mol.